The van der Waals surface area contributed by atoms with Gasteiger partial charge in [0.1, 0.15) is 0 Å². The number of carbonyl (C=O) groups is 1. The first kappa shape index (κ1) is 19.3. The molecule has 26 heavy (non-hydrogen) atoms. The van der Waals surface area contributed by atoms with Crippen molar-refractivity contribution in [3.8, 4) is 0 Å². The number of rotatable bonds is 4. The number of piperidine rings is 1. The maximum Gasteiger partial charge on any atom is 0.235 e. The minimum Gasteiger partial charge on any atom is -0.371 e. The van der Waals surface area contributed by atoms with Crippen molar-refractivity contribution in [2.24, 2.45) is 0 Å². The van der Waals surface area contributed by atoms with Crippen LogP contribution in [0.5, 0.6) is 0 Å². The molecule has 0 aliphatic carbocycles. The van der Waals surface area contributed by atoms with Crippen molar-refractivity contribution in [3.63, 3.8) is 0 Å². The van der Waals surface area contributed by atoms with Crippen LogP contribution in [0.4, 0.5) is 11.4 Å². The van der Waals surface area contributed by atoms with Gasteiger partial charge in [-0.1, -0.05) is 11.6 Å². The monoisotopic (exact) mass is 399 g/mol. The number of sulfonamides is 1. The van der Waals surface area contributed by atoms with Crippen LogP contribution in [0.3, 0.4) is 0 Å². The third-order valence-electron chi connectivity index (χ3n) is 5.33. The van der Waals surface area contributed by atoms with E-state index in [1.54, 1.807) is 25.1 Å². The zero-order chi connectivity index (χ0) is 18.9. The molecule has 1 aromatic carbocycles. The van der Waals surface area contributed by atoms with Crippen molar-refractivity contribution in [3.05, 3.63) is 23.2 Å². The molecule has 0 N–H and O–H groups in total. The number of carbonyl (C=O) groups excluding carboxylic acids is 1. The van der Waals surface area contributed by atoms with Crippen LogP contribution >= 0.6 is 11.6 Å². The summed E-state index contributed by atoms with van der Waals surface area (Å²) in [5.41, 5.74) is 1.51. The van der Waals surface area contributed by atoms with Crippen LogP contribution in [-0.2, 0) is 14.8 Å². The fraction of sp³-hybridized carbons (Fsp3) is 0.611. The van der Waals surface area contributed by atoms with Gasteiger partial charge in [0, 0.05) is 38.1 Å². The molecule has 3 rings (SSSR count). The highest BCUT2D eigenvalue weighted by Gasteiger charge is 2.32. The molecule has 1 atom stereocenters. The van der Waals surface area contributed by atoms with E-state index in [2.05, 4.69) is 0 Å². The number of nitrogens with zero attached hydrogens (tertiary/aromatic N) is 3. The Morgan fingerprint density at radius 3 is 2.69 bits per heavy atom. The number of halogens is 1. The maximum atomic E-state index is 13.0. The van der Waals surface area contributed by atoms with Gasteiger partial charge in [-0.05, 0) is 43.9 Å². The van der Waals surface area contributed by atoms with Crippen molar-refractivity contribution in [1.82, 2.24) is 4.90 Å². The minimum atomic E-state index is -3.46. The number of fused-ring (bicyclic) bond motifs is 1. The van der Waals surface area contributed by atoms with Crippen LogP contribution < -0.4 is 9.21 Å². The molecule has 0 bridgehead atoms. The van der Waals surface area contributed by atoms with Gasteiger partial charge in [0.05, 0.1) is 23.7 Å². The number of hydrogen-bond donors (Lipinski definition) is 0. The molecule has 1 saturated heterocycles. The van der Waals surface area contributed by atoms with Gasteiger partial charge in [0.25, 0.3) is 0 Å². The van der Waals surface area contributed by atoms with Gasteiger partial charge >= 0.3 is 0 Å². The predicted molar refractivity (Wildman–Crippen MR) is 105 cm³/mol. The van der Waals surface area contributed by atoms with Crippen LogP contribution in [0.25, 0.3) is 0 Å². The largest absolute Gasteiger partial charge is 0.371 e. The molecule has 0 unspecified atom stereocenters. The first-order chi connectivity index (χ1) is 12.3. The second-order valence-electron chi connectivity index (χ2n) is 7.09. The number of amides is 1. The molecule has 2 aliphatic rings. The normalized spacial score (nSPS) is 20.9. The highest BCUT2D eigenvalue weighted by Crippen LogP contribution is 2.36. The van der Waals surface area contributed by atoms with Gasteiger partial charge in [-0.15, -0.1) is 0 Å². The van der Waals surface area contributed by atoms with Crippen LogP contribution in [0.1, 0.15) is 32.6 Å². The second kappa shape index (κ2) is 7.64. The highest BCUT2D eigenvalue weighted by molar-refractivity contribution is 7.92. The van der Waals surface area contributed by atoms with E-state index in [0.29, 0.717) is 30.2 Å². The van der Waals surface area contributed by atoms with E-state index in [4.69, 9.17) is 11.6 Å². The predicted octanol–water partition coefficient (Wildman–Crippen LogP) is 2.72. The summed E-state index contributed by atoms with van der Waals surface area (Å²) in [5, 5.41) is 0.592. The molecular formula is C18H26ClN3O3S. The van der Waals surface area contributed by atoms with Gasteiger partial charge in [-0.25, -0.2) is 8.42 Å². The third kappa shape index (κ3) is 3.93. The van der Waals surface area contributed by atoms with Gasteiger partial charge in [-0.2, -0.15) is 0 Å². The van der Waals surface area contributed by atoms with Crippen LogP contribution in [0.2, 0.25) is 5.02 Å². The van der Waals surface area contributed by atoms with E-state index >= 15 is 0 Å². The SMILES string of the molecule is CC(=O)N1CCCC[C@@H]1CCS(=O)(=O)N1CCN(C)c2cc(Cl)ccc21. The van der Waals surface area contributed by atoms with Crippen molar-refractivity contribution < 1.29 is 13.2 Å². The smallest absolute Gasteiger partial charge is 0.235 e. The summed E-state index contributed by atoms with van der Waals surface area (Å²) in [5.74, 6) is 0.0828. The lowest BCUT2D eigenvalue weighted by Crippen LogP contribution is -2.46. The summed E-state index contributed by atoms with van der Waals surface area (Å²) in [6, 6.07) is 5.32. The summed E-state index contributed by atoms with van der Waals surface area (Å²) >= 11 is 6.08. The average Bonchev–Trinajstić information content (AvgIpc) is 2.60. The van der Waals surface area contributed by atoms with Gasteiger partial charge < -0.3 is 9.80 Å². The molecule has 0 spiro atoms. The summed E-state index contributed by atoms with van der Waals surface area (Å²) in [7, 11) is -1.52. The summed E-state index contributed by atoms with van der Waals surface area (Å²) in [6.45, 7) is 3.34. The van der Waals surface area contributed by atoms with E-state index in [-0.39, 0.29) is 17.7 Å². The fourth-order valence-corrected chi connectivity index (χ4v) is 5.66. The Morgan fingerprint density at radius 1 is 1.19 bits per heavy atom. The molecule has 1 fully saturated rings. The molecule has 0 aromatic heterocycles. The Hall–Kier alpha value is -1.47. The Labute approximate surface area is 160 Å². The minimum absolute atomic E-state index is 0.0215. The lowest BCUT2D eigenvalue weighted by molar-refractivity contribution is -0.132. The third-order valence-corrected chi connectivity index (χ3v) is 7.37. The van der Waals surface area contributed by atoms with E-state index in [1.165, 1.54) is 4.31 Å². The number of benzene rings is 1. The molecule has 1 amide bonds. The van der Waals surface area contributed by atoms with Gasteiger partial charge in [0.15, 0.2) is 0 Å². The van der Waals surface area contributed by atoms with E-state index in [9.17, 15) is 13.2 Å². The van der Waals surface area contributed by atoms with E-state index in [1.807, 2.05) is 16.8 Å². The first-order valence-electron chi connectivity index (χ1n) is 9.08. The lowest BCUT2D eigenvalue weighted by Gasteiger charge is -2.38. The van der Waals surface area contributed by atoms with Crippen LogP contribution in [0, 0.1) is 0 Å². The Balaban J connectivity index is 1.77. The molecule has 1 aromatic rings. The maximum absolute atomic E-state index is 13.0. The molecule has 8 heteroatoms. The summed E-state index contributed by atoms with van der Waals surface area (Å²) in [4.78, 5) is 15.7. The quantitative estimate of drug-likeness (QED) is 0.781. The van der Waals surface area contributed by atoms with Crippen molar-refractivity contribution >= 4 is 38.9 Å². The highest BCUT2D eigenvalue weighted by atomic mass is 35.5. The fourth-order valence-electron chi connectivity index (χ4n) is 3.89. The second-order valence-corrected chi connectivity index (χ2v) is 9.54. The molecule has 2 heterocycles. The average molecular weight is 400 g/mol. The topological polar surface area (TPSA) is 60.9 Å². The van der Waals surface area contributed by atoms with Crippen molar-refractivity contribution in [2.45, 2.75) is 38.6 Å². The number of hydrogen-bond acceptors (Lipinski definition) is 4. The van der Waals surface area contributed by atoms with E-state index < -0.39 is 10.0 Å². The molecule has 6 nitrogen and oxygen atoms in total. The molecule has 144 valence electrons. The van der Waals surface area contributed by atoms with Gasteiger partial charge in [0.2, 0.25) is 15.9 Å². The van der Waals surface area contributed by atoms with Crippen LogP contribution in [0.15, 0.2) is 18.2 Å². The van der Waals surface area contributed by atoms with Crippen molar-refractivity contribution in [1.29, 1.82) is 0 Å². The Bertz CT molecular complexity index is 784. The number of likely N-dealkylation sites (N-methyl/N-ethyl adjacent to an activating group) is 1. The first-order valence-corrected chi connectivity index (χ1v) is 11.1. The van der Waals surface area contributed by atoms with Gasteiger partial charge in [-0.3, -0.25) is 9.10 Å². The summed E-state index contributed by atoms with van der Waals surface area (Å²) in [6.07, 6.45) is 3.40. The Kier molecular flexibility index (Phi) is 5.67. The standard InChI is InChI=1S/C18H26ClN3O3S/c1-14(23)21-9-4-3-5-16(21)8-12-26(24,25)22-11-10-20(2)18-13-15(19)6-7-17(18)22/h6-7,13,16H,3-5,8-12H2,1-2H3/t16-/m1/s1. The molecule has 2 aliphatic heterocycles. The molecule has 0 radical (unpaired) electrons. The lowest BCUT2D eigenvalue weighted by atomic mass is 10.00. The molecule has 0 saturated carbocycles. The summed E-state index contributed by atoms with van der Waals surface area (Å²) < 4.78 is 27.6. The number of likely N-dealkylation sites (tertiary alicyclic amines) is 1. The Morgan fingerprint density at radius 2 is 1.96 bits per heavy atom. The number of anilines is 2. The van der Waals surface area contributed by atoms with Crippen molar-refractivity contribution in [2.75, 3.05) is 41.6 Å². The molecular weight excluding hydrogens is 374 g/mol. The zero-order valence-corrected chi connectivity index (χ0v) is 16.9. The van der Waals surface area contributed by atoms with E-state index in [0.717, 1.165) is 31.5 Å². The zero-order valence-electron chi connectivity index (χ0n) is 15.3. The van der Waals surface area contributed by atoms with Crippen LogP contribution in [-0.4, -0.2) is 57.7 Å².